The molecule has 0 aliphatic rings. The quantitative estimate of drug-likeness (QED) is 0.561. The molecule has 0 aliphatic heterocycles. The summed E-state index contributed by atoms with van der Waals surface area (Å²) in [4.78, 5) is 6.45. The maximum atomic E-state index is 5.13. The minimum absolute atomic E-state index is 0.584. The summed E-state index contributed by atoms with van der Waals surface area (Å²) in [6, 6.07) is 2.11. The molecule has 13 heavy (non-hydrogen) atoms. The first-order chi connectivity index (χ1) is 6.34. The summed E-state index contributed by atoms with van der Waals surface area (Å²) in [5, 5.41) is 2.08. The average molecular weight is 201 g/mol. The number of ether oxygens (including phenoxy) is 1. The third kappa shape index (κ3) is 3.87. The Morgan fingerprint density at radius 3 is 2.92 bits per heavy atom. The van der Waals surface area contributed by atoms with Crippen molar-refractivity contribution in [3.63, 3.8) is 0 Å². The normalized spacial score (nSPS) is 10.6. The lowest BCUT2D eigenvalue weighted by atomic mass is 10.3. The molecule has 0 bridgehead atoms. The molecule has 1 aromatic heterocycles. The molecule has 0 radical (unpaired) electrons. The number of hydrogen-bond acceptors (Lipinski definition) is 4. The zero-order chi connectivity index (χ0) is 9.52. The SMILES string of the molecule is COCCONCc1sccc1C. The first-order valence-electron chi connectivity index (χ1n) is 4.21. The Kier molecular flexibility index (Phi) is 5.00. The number of hydrogen-bond donors (Lipinski definition) is 1. The van der Waals surface area contributed by atoms with Gasteiger partial charge in [0.15, 0.2) is 0 Å². The second-order valence-corrected chi connectivity index (χ2v) is 3.69. The zero-order valence-electron chi connectivity index (χ0n) is 8.00. The van der Waals surface area contributed by atoms with Gasteiger partial charge in [0.25, 0.3) is 0 Å². The van der Waals surface area contributed by atoms with Crippen molar-refractivity contribution in [1.29, 1.82) is 0 Å². The van der Waals surface area contributed by atoms with Crippen LogP contribution in [0.25, 0.3) is 0 Å². The van der Waals surface area contributed by atoms with Gasteiger partial charge in [-0.15, -0.1) is 11.3 Å². The Morgan fingerprint density at radius 2 is 2.31 bits per heavy atom. The summed E-state index contributed by atoms with van der Waals surface area (Å²) >= 11 is 1.74. The van der Waals surface area contributed by atoms with Crippen LogP contribution in [0.4, 0.5) is 0 Å². The van der Waals surface area contributed by atoms with Crippen molar-refractivity contribution in [2.45, 2.75) is 13.5 Å². The zero-order valence-corrected chi connectivity index (χ0v) is 8.82. The van der Waals surface area contributed by atoms with Crippen LogP contribution in [0.3, 0.4) is 0 Å². The first-order valence-corrected chi connectivity index (χ1v) is 5.09. The Bertz CT molecular complexity index is 237. The van der Waals surface area contributed by atoms with Crippen molar-refractivity contribution in [3.05, 3.63) is 21.9 Å². The van der Waals surface area contributed by atoms with Crippen LogP contribution in [-0.4, -0.2) is 20.3 Å². The van der Waals surface area contributed by atoms with E-state index < -0.39 is 0 Å². The van der Waals surface area contributed by atoms with Gasteiger partial charge < -0.3 is 4.74 Å². The van der Waals surface area contributed by atoms with E-state index in [2.05, 4.69) is 23.9 Å². The van der Waals surface area contributed by atoms with Crippen molar-refractivity contribution in [3.8, 4) is 0 Å². The van der Waals surface area contributed by atoms with E-state index in [0.29, 0.717) is 13.2 Å². The van der Waals surface area contributed by atoms with E-state index in [0.717, 1.165) is 6.54 Å². The molecule has 1 heterocycles. The minimum Gasteiger partial charge on any atom is -0.382 e. The largest absolute Gasteiger partial charge is 0.382 e. The fraction of sp³-hybridized carbons (Fsp3) is 0.556. The number of hydroxylamine groups is 1. The fourth-order valence-electron chi connectivity index (χ4n) is 0.899. The van der Waals surface area contributed by atoms with Crippen molar-refractivity contribution in [2.24, 2.45) is 0 Å². The molecule has 4 heteroatoms. The maximum absolute atomic E-state index is 5.13. The summed E-state index contributed by atoms with van der Waals surface area (Å²) in [5.41, 5.74) is 4.21. The summed E-state index contributed by atoms with van der Waals surface area (Å²) in [7, 11) is 1.66. The van der Waals surface area contributed by atoms with Gasteiger partial charge >= 0.3 is 0 Å². The number of methoxy groups -OCH3 is 1. The topological polar surface area (TPSA) is 30.5 Å². The summed E-state index contributed by atoms with van der Waals surface area (Å²) in [6.07, 6.45) is 0. The Morgan fingerprint density at radius 1 is 1.46 bits per heavy atom. The second kappa shape index (κ2) is 6.10. The van der Waals surface area contributed by atoms with Crippen molar-refractivity contribution in [2.75, 3.05) is 20.3 Å². The van der Waals surface area contributed by atoms with E-state index in [4.69, 9.17) is 9.57 Å². The molecule has 0 amide bonds. The third-order valence-electron chi connectivity index (χ3n) is 1.69. The second-order valence-electron chi connectivity index (χ2n) is 2.69. The molecule has 1 aromatic rings. The molecule has 0 saturated carbocycles. The standard InChI is InChI=1S/C9H15NO2S/c1-8-3-6-13-9(8)7-10-12-5-4-11-2/h3,6,10H,4-5,7H2,1-2H3. The number of rotatable bonds is 6. The number of nitrogens with one attached hydrogen (secondary N) is 1. The molecule has 0 fully saturated rings. The third-order valence-corrected chi connectivity index (χ3v) is 2.72. The van der Waals surface area contributed by atoms with Gasteiger partial charge in [0.05, 0.1) is 19.8 Å². The highest BCUT2D eigenvalue weighted by atomic mass is 32.1. The fourth-order valence-corrected chi connectivity index (χ4v) is 1.73. The highest BCUT2D eigenvalue weighted by Gasteiger charge is 1.97. The van der Waals surface area contributed by atoms with Crippen molar-refractivity contribution in [1.82, 2.24) is 5.48 Å². The molecule has 74 valence electrons. The number of thiophene rings is 1. The molecule has 0 saturated heterocycles. The summed E-state index contributed by atoms with van der Waals surface area (Å²) in [5.74, 6) is 0. The van der Waals surface area contributed by atoms with E-state index in [1.165, 1.54) is 10.4 Å². The first kappa shape index (κ1) is 10.7. The van der Waals surface area contributed by atoms with E-state index in [1.807, 2.05) is 0 Å². The van der Waals surface area contributed by atoms with E-state index >= 15 is 0 Å². The molecule has 0 atom stereocenters. The molecule has 3 nitrogen and oxygen atoms in total. The monoisotopic (exact) mass is 201 g/mol. The molecule has 0 aromatic carbocycles. The van der Waals surface area contributed by atoms with Gasteiger partial charge in [-0.2, -0.15) is 5.48 Å². The molecule has 1 rings (SSSR count). The highest BCUT2D eigenvalue weighted by Crippen LogP contribution is 2.14. The minimum atomic E-state index is 0.584. The van der Waals surface area contributed by atoms with E-state index in [1.54, 1.807) is 18.4 Å². The lowest BCUT2D eigenvalue weighted by molar-refractivity contribution is 0.00381. The van der Waals surface area contributed by atoms with Gasteiger partial charge in [0, 0.05) is 12.0 Å². The van der Waals surface area contributed by atoms with Crippen LogP contribution in [-0.2, 0) is 16.1 Å². The molecule has 0 unspecified atom stereocenters. The molecular formula is C9H15NO2S. The summed E-state index contributed by atoms with van der Waals surface area (Å²) < 4.78 is 4.84. The highest BCUT2D eigenvalue weighted by molar-refractivity contribution is 7.10. The van der Waals surface area contributed by atoms with E-state index in [-0.39, 0.29) is 0 Å². The van der Waals surface area contributed by atoms with Gasteiger partial charge in [0.2, 0.25) is 0 Å². The molecule has 1 N–H and O–H groups in total. The van der Waals surface area contributed by atoms with Crippen LogP contribution >= 0.6 is 11.3 Å². The van der Waals surface area contributed by atoms with Gasteiger partial charge in [-0.05, 0) is 23.9 Å². The van der Waals surface area contributed by atoms with Crippen LogP contribution in [0.5, 0.6) is 0 Å². The van der Waals surface area contributed by atoms with Crippen LogP contribution in [0, 0.1) is 6.92 Å². The van der Waals surface area contributed by atoms with Gasteiger partial charge in [-0.3, -0.25) is 4.84 Å². The Labute approximate surface area is 82.6 Å². The molecular weight excluding hydrogens is 186 g/mol. The molecule has 0 aliphatic carbocycles. The van der Waals surface area contributed by atoms with Crippen LogP contribution in [0.1, 0.15) is 10.4 Å². The predicted octanol–water partition coefficient (Wildman–Crippen LogP) is 1.72. The lowest BCUT2D eigenvalue weighted by Gasteiger charge is -2.04. The smallest absolute Gasteiger partial charge is 0.0916 e. The van der Waals surface area contributed by atoms with Gasteiger partial charge in [0.1, 0.15) is 0 Å². The van der Waals surface area contributed by atoms with Gasteiger partial charge in [-0.25, -0.2) is 0 Å². The Hall–Kier alpha value is -0.420. The van der Waals surface area contributed by atoms with Crippen LogP contribution in [0.2, 0.25) is 0 Å². The number of aryl methyl sites for hydroxylation is 1. The summed E-state index contributed by atoms with van der Waals surface area (Å²) in [6.45, 7) is 4.08. The average Bonchev–Trinajstić information content (AvgIpc) is 2.52. The van der Waals surface area contributed by atoms with Crippen molar-refractivity contribution >= 4 is 11.3 Å². The van der Waals surface area contributed by atoms with Gasteiger partial charge in [-0.1, -0.05) is 0 Å². The Balaban J connectivity index is 2.10. The predicted molar refractivity (Wildman–Crippen MR) is 53.7 cm³/mol. The van der Waals surface area contributed by atoms with Crippen molar-refractivity contribution < 1.29 is 9.57 Å². The molecule has 0 spiro atoms. The maximum Gasteiger partial charge on any atom is 0.0916 e. The van der Waals surface area contributed by atoms with Crippen LogP contribution in [0.15, 0.2) is 11.4 Å². The lowest BCUT2D eigenvalue weighted by Crippen LogP contribution is -2.16. The van der Waals surface area contributed by atoms with Crippen LogP contribution < -0.4 is 5.48 Å². The van der Waals surface area contributed by atoms with E-state index in [9.17, 15) is 0 Å².